The van der Waals surface area contributed by atoms with Crippen molar-refractivity contribution in [3.05, 3.63) is 71.4 Å². The number of nitrogens with zero attached hydrogens (tertiary/aromatic N) is 3. The first-order chi connectivity index (χ1) is 21.3. The lowest BCUT2D eigenvalue weighted by Gasteiger charge is -2.38. The lowest BCUT2D eigenvalue weighted by atomic mass is 9.84. The van der Waals surface area contributed by atoms with E-state index in [1.165, 1.54) is 16.5 Å². The number of hydrogen-bond acceptors (Lipinski definition) is 7. The Morgan fingerprint density at radius 3 is 1.98 bits per heavy atom. The molecule has 3 aromatic rings. The van der Waals surface area contributed by atoms with E-state index < -0.39 is 42.0 Å². The summed E-state index contributed by atoms with van der Waals surface area (Å²) in [4.78, 5) is 47.7. The molecule has 5 N–H and O–H groups in total. The van der Waals surface area contributed by atoms with E-state index in [0.29, 0.717) is 6.54 Å². The van der Waals surface area contributed by atoms with Gasteiger partial charge in [0.2, 0.25) is 5.91 Å². The number of aryl methyl sites for hydroxylation is 1. The first kappa shape index (κ1) is 33.6. The first-order valence-electron chi connectivity index (χ1n) is 15.1. The summed E-state index contributed by atoms with van der Waals surface area (Å²) in [6, 6.07) is 16.7. The number of carboxylic acid groups (broad SMARTS) is 3. The Balaban J connectivity index is 0.000000302. The predicted molar refractivity (Wildman–Crippen MR) is 164 cm³/mol. The molecule has 5 rings (SSSR count). The Kier molecular flexibility index (Phi) is 10.6. The van der Waals surface area contributed by atoms with E-state index in [4.69, 9.17) is 20.4 Å². The zero-order valence-electron chi connectivity index (χ0n) is 25.4. The van der Waals surface area contributed by atoms with Crippen LogP contribution in [0, 0.1) is 6.92 Å². The van der Waals surface area contributed by atoms with E-state index in [0.717, 1.165) is 69.5 Å². The molecule has 45 heavy (non-hydrogen) atoms. The first-order valence-corrected chi connectivity index (χ1v) is 15.1. The summed E-state index contributed by atoms with van der Waals surface area (Å²) in [5, 5.41) is 46.3. The van der Waals surface area contributed by atoms with Gasteiger partial charge in [-0.1, -0.05) is 48.0 Å². The highest BCUT2D eigenvalue weighted by Gasteiger charge is 2.41. The van der Waals surface area contributed by atoms with Gasteiger partial charge in [-0.2, -0.15) is 0 Å². The van der Waals surface area contributed by atoms with Gasteiger partial charge in [-0.05, 0) is 49.8 Å². The number of rotatable bonds is 10. The molecule has 3 heterocycles. The Labute approximate surface area is 261 Å². The maximum atomic E-state index is 12.8. The molecule has 2 aliphatic heterocycles. The van der Waals surface area contributed by atoms with Crippen LogP contribution in [0.3, 0.4) is 0 Å². The van der Waals surface area contributed by atoms with Gasteiger partial charge >= 0.3 is 17.9 Å². The van der Waals surface area contributed by atoms with Crippen LogP contribution in [-0.2, 0) is 37.9 Å². The van der Waals surface area contributed by atoms with Gasteiger partial charge in [-0.25, -0.2) is 4.79 Å². The van der Waals surface area contributed by atoms with E-state index in [-0.39, 0.29) is 5.91 Å². The summed E-state index contributed by atoms with van der Waals surface area (Å²) >= 11 is 0. The number of carboxylic acids is 3. The molecular formula is C33H41N3O9. The maximum absolute atomic E-state index is 12.8. The van der Waals surface area contributed by atoms with Crippen LogP contribution in [-0.4, -0.2) is 95.5 Å². The van der Waals surface area contributed by atoms with Crippen LogP contribution in [0.2, 0.25) is 0 Å². The zero-order valence-corrected chi connectivity index (χ0v) is 25.4. The molecule has 0 unspecified atom stereocenters. The lowest BCUT2D eigenvalue weighted by Crippen LogP contribution is -2.42. The van der Waals surface area contributed by atoms with Crippen molar-refractivity contribution >= 4 is 34.7 Å². The fourth-order valence-electron chi connectivity index (χ4n) is 5.98. The highest BCUT2D eigenvalue weighted by Crippen LogP contribution is 2.34. The third-order valence-corrected chi connectivity index (χ3v) is 8.59. The SMILES string of the molecule is Cc1ccc(C2(O)CCN(Cc3cn(CC(=O)N4CCCC4)c4ccccc34)CC2)cc1.O=C(O)CC(O)(CC(=O)O)C(=O)O. The van der Waals surface area contributed by atoms with Crippen LogP contribution in [0.1, 0.15) is 55.2 Å². The highest BCUT2D eigenvalue weighted by molar-refractivity contribution is 5.88. The van der Waals surface area contributed by atoms with Crippen molar-refractivity contribution < 1.29 is 44.7 Å². The number of aliphatic carboxylic acids is 3. The van der Waals surface area contributed by atoms with Gasteiger partial charge in [0.05, 0.1) is 18.4 Å². The van der Waals surface area contributed by atoms with Crippen molar-refractivity contribution in [2.75, 3.05) is 26.2 Å². The van der Waals surface area contributed by atoms with Gasteiger partial charge in [0.25, 0.3) is 0 Å². The summed E-state index contributed by atoms with van der Waals surface area (Å²) in [5.74, 6) is -4.80. The second-order valence-electron chi connectivity index (χ2n) is 12.0. The number of carbonyl (C=O) groups is 4. The molecule has 1 aromatic heterocycles. The van der Waals surface area contributed by atoms with Crippen LogP contribution >= 0.6 is 0 Å². The minimum Gasteiger partial charge on any atom is -0.481 e. The minimum absolute atomic E-state index is 0.218. The van der Waals surface area contributed by atoms with Crippen molar-refractivity contribution in [1.82, 2.24) is 14.4 Å². The lowest BCUT2D eigenvalue weighted by molar-refractivity contribution is -0.170. The number of carbonyl (C=O) groups excluding carboxylic acids is 1. The van der Waals surface area contributed by atoms with Crippen molar-refractivity contribution in [3.63, 3.8) is 0 Å². The summed E-state index contributed by atoms with van der Waals surface area (Å²) in [6.45, 7) is 6.83. The number of aromatic nitrogens is 1. The van der Waals surface area contributed by atoms with Crippen molar-refractivity contribution in [1.29, 1.82) is 0 Å². The highest BCUT2D eigenvalue weighted by atomic mass is 16.4. The second-order valence-corrected chi connectivity index (χ2v) is 12.0. The topological polar surface area (TPSA) is 181 Å². The fourth-order valence-corrected chi connectivity index (χ4v) is 5.98. The van der Waals surface area contributed by atoms with Gasteiger partial charge in [0.1, 0.15) is 6.54 Å². The smallest absolute Gasteiger partial charge is 0.336 e. The Morgan fingerprint density at radius 1 is 0.844 bits per heavy atom. The summed E-state index contributed by atoms with van der Waals surface area (Å²) in [5.41, 5.74) is 1.16. The zero-order chi connectivity index (χ0) is 32.8. The summed E-state index contributed by atoms with van der Waals surface area (Å²) < 4.78 is 2.12. The average molecular weight is 624 g/mol. The summed E-state index contributed by atoms with van der Waals surface area (Å²) in [6.07, 6.45) is 3.59. The van der Waals surface area contributed by atoms with Crippen molar-refractivity contribution in [2.24, 2.45) is 0 Å². The minimum atomic E-state index is -2.74. The van der Waals surface area contributed by atoms with Crippen molar-refractivity contribution in [2.45, 2.75) is 69.7 Å². The maximum Gasteiger partial charge on any atom is 0.336 e. The van der Waals surface area contributed by atoms with Crippen LogP contribution in [0.5, 0.6) is 0 Å². The fraction of sp³-hybridized carbons (Fsp3) is 0.455. The molecule has 0 aliphatic carbocycles. The quantitative estimate of drug-likeness (QED) is 0.225. The average Bonchev–Trinajstić information content (AvgIpc) is 3.63. The number of benzene rings is 2. The van der Waals surface area contributed by atoms with Gasteiger partial charge in [-0.15, -0.1) is 0 Å². The van der Waals surface area contributed by atoms with Crippen LogP contribution < -0.4 is 0 Å². The molecule has 2 aromatic carbocycles. The van der Waals surface area contributed by atoms with Crippen LogP contribution in [0.4, 0.5) is 0 Å². The number of para-hydroxylation sites is 1. The summed E-state index contributed by atoms with van der Waals surface area (Å²) in [7, 11) is 0. The molecule has 2 saturated heterocycles. The Bertz CT molecular complexity index is 1500. The van der Waals surface area contributed by atoms with E-state index in [1.807, 2.05) is 11.0 Å². The van der Waals surface area contributed by atoms with E-state index in [1.54, 1.807) is 0 Å². The molecular weight excluding hydrogens is 582 g/mol. The molecule has 12 heteroatoms. The molecule has 12 nitrogen and oxygen atoms in total. The predicted octanol–water partition coefficient (Wildman–Crippen LogP) is 2.81. The van der Waals surface area contributed by atoms with Gasteiger partial charge in [-0.3, -0.25) is 19.3 Å². The largest absolute Gasteiger partial charge is 0.481 e. The molecule has 0 bridgehead atoms. The number of hydrogen-bond donors (Lipinski definition) is 5. The number of likely N-dealkylation sites (tertiary alicyclic amines) is 2. The van der Waals surface area contributed by atoms with Crippen molar-refractivity contribution in [3.8, 4) is 0 Å². The molecule has 2 aliphatic rings. The standard InChI is InChI=1S/C27H33N3O2.C6H8O7/c1-21-8-10-23(11-9-21)27(32)12-16-28(17-13-27)18-22-19-30(25-7-3-2-6-24(22)25)20-26(31)29-14-4-5-15-29;7-3(8)1-6(13,5(11)12)2-4(9)10/h2-3,6-11,19,32H,4-5,12-18,20H2,1H3;13H,1-2H2,(H,7,8)(H,9,10)(H,11,12). The van der Waals surface area contributed by atoms with E-state index >= 15 is 0 Å². The Morgan fingerprint density at radius 2 is 1.42 bits per heavy atom. The second kappa shape index (κ2) is 14.2. The monoisotopic (exact) mass is 623 g/mol. The molecule has 242 valence electrons. The third kappa shape index (κ3) is 8.47. The van der Waals surface area contributed by atoms with Gasteiger partial charge in [0, 0.05) is 49.8 Å². The third-order valence-electron chi connectivity index (χ3n) is 8.59. The molecule has 0 atom stereocenters. The Hall–Kier alpha value is -4.26. The molecule has 0 saturated carbocycles. The van der Waals surface area contributed by atoms with Crippen LogP contribution in [0.25, 0.3) is 10.9 Å². The normalized spacial score (nSPS) is 16.6. The number of aliphatic hydroxyl groups is 2. The molecule has 2 fully saturated rings. The van der Waals surface area contributed by atoms with Gasteiger partial charge in [0.15, 0.2) is 5.60 Å². The number of piperidine rings is 1. The van der Waals surface area contributed by atoms with Crippen LogP contribution in [0.15, 0.2) is 54.7 Å². The molecule has 1 amide bonds. The van der Waals surface area contributed by atoms with E-state index in [9.17, 15) is 24.3 Å². The molecule has 0 spiro atoms. The molecule has 0 radical (unpaired) electrons. The van der Waals surface area contributed by atoms with E-state index in [2.05, 4.69) is 65.1 Å². The number of amides is 1. The number of fused-ring (bicyclic) bond motifs is 1. The van der Waals surface area contributed by atoms with Gasteiger partial charge < -0.3 is 35.0 Å².